The van der Waals surface area contributed by atoms with E-state index >= 15 is 0 Å². The fraction of sp³-hybridized carbons (Fsp3) is 0.450. The summed E-state index contributed by atoms with van der Waals surface area (Å²) in [4.78, 5) is 32.7. The Morgan fingerprint density at radius 3 is 2.70 bits per heavy atom. The number of nitrogens with two attached hydrogens (primary N) is 1. The molecule has 0 spiro atoms. The largest absolute Gasteiger partial charge is 0.369 e. The number of carbonyl (C=O) groups excluding carboxylic acids is 2. The highest BCUT2D eigenvalue weighted by molar-refractivity contribution is 7.15. The van der Waals surface area contributed by atoms with Crippen LogP contribution < -0.4 is 5.73 Å². The average molecular weight is 387 g/mol. The second-order valence-electron chi connectivity index (χ2n) is 7.61. The maximum Gasteiger partial charge on any atom is 0.274 e. The third-order valence-corrected chi connectivity index (χ3v) is 7.00. The molecule has 1 aliphatic carbocycles. The van der Waals surface area contributed by atoms with E-state index in [1.807, 2.05) is 18.7 Å². The summed E-state index contributed by atoms with van der Waals surface area (Å²) in [6, 6.07) is 5.85. The summed E-state index contributed by atoms with van der Waals surface area (Å²) in [5, 5.41) is 0.775. The molecular formula is C20H22FN3O2S. The van der Waals surface area contributed by atoms with Crippen molar-refractivity contribution in [1.29, 1.82) is 0 Å². The molecule has 2 fully saturated rings. The first-order chi connectivity index (χ1) is 12.8. The first-order valence-electron chi connectivity index (χ1n) is 9.19. The van der Waals surface area contributed by atoms with Crippen LogP contribution in [-0.2, 0) is 4.79 Å². The minimum Gasteiger partial charge on any atom is -0.369 e. The summed E-state index contributed by atoms with van der Waals surface area (Å²) in [7, 11) is 0. The minimum atomic E-state index is -0.615. The van der Waals surface area contributed by atoms with Crippen LogP contribution in [0.15, 0.2) is 24.3 Å². The topological polar surface area (TPSA) is 76.3 Å². The second-order valence-corrected chi connectivity index (χ2v) is 8.81. The summed E-state index contributed by atoms with van der Waals surface area (Å²) in [6.07, 6.45) is 3.02. The highest BCUT2D eigenvalue weighted by Crippen LogP contribution is 2.51. The minimum absolute atomic E-state index is 0.0710. The molecule has 2 aliphatic rings. The van der Waals surface area contributed by atoms with Gasteiger partial charge in [0, 0.05) is 12.1 Å². The van der Waals surface area contributed by atoms with Crippen LogP contribution in [0.2, 0.25) is 0 Å². The number of amides is 2. The first kappa shape index (κ1) is 18.1. The summed E-state index contributed by atoms with van der Waals surface area (Å²) < 4.78 is 13.3. The van der Waals surface area contributed by atoms with Crippen LogP contribution in [0.25, 0.3) is 10.4 Å². The zero-order valence-electron chi connectivity index (χ0n) is 15.4. The molecule has 0 unspecified atom stereocenters. The molecule has 2 heterocycles. The third kappa shape index (κ3) is 2.76. The quantitative estimate of drug-likeness (QED) is 0.875. The van der Waals surface area contributed by atoms with Crippen molar-refractivity contribution in [2.75, 3.05) is 0 Å². The van der Waals surface area contributed by atoms with Gasteiger partial charge in [0.1, 0.15) is 11.5 Å². The number of primary amides is 1. The summed E-state index contributed by atoms with van der Waals surface area (Å²) >= 11 is 1.42. The van der Waals surface area contributed by atoms with E-state index in [1.54, 1.807) is 12.1 Å². The van der Waals surface area contributed by atoms with Crippen LogP contribution in [0, 0.1) is 18.2 Å². The Morgan fingerprint density at radius 2 is 2.04 bits per heavy atom. The van der Waals surface area contributed by atoms with Crippen molar-refractivity contribution in [2.24, 2.45) is 11.1 Å². The monoisotopic (exact) mass is 387 g/mol. The standard InChI is InChI=1S/C20H22FN3O2S/c1-11-10-20(19(22)26)9-3-4-15(20)24(11)18(25)16-17(27-12(2)23-16)13-5-7-14(21)8-6-13/h5-8,11,15H,3-4,9-10H2,1-2H3,(H2,22,26)/t11-,15-,20-/m0/s1. The third-order valence-electron chi connectivity index (χ3n) is 5.98. The highest BCUT2D eigenvalue weighted by Gasteiger charge is 2.58. The first-order valence-corrected chi connectivity index (χ1v) is 10.0. The lowest BCUT2D eigenvalue weighted by Gasteiger charge is -2.30. The predicted molar refractivity (Wildman–Crippen MR) is 102 cm³/mol. The van der Waals surface area contributed by atoms with Crippen molar-refractivity contribution in [3.05, 3.63) is 40.8 Å². The Kier molecular flexibility index (Phi) is 4.29. The van der Waals surface area contributed by atoms with E-state index < -0.39 is 5.41 Å². The zero-order valence-corrected chi connectivity index (χ0v) is 16.2. The van der Waals surface area contributed by atoms with Crippen molar-refractivity contribution >= 4 is 23.2 Å². The molecule has 1 saturated carbocycles. The number of rotatable bonds is 3. The van der Waals surface area contributed by atoms with Gasteiger partial charge in [0.15, 0.2) is 0 Å². The van der Waals surface area contributed by atoms with Gasteiger partial charge in [-0.05, 0) is 50.8 Å². The number of hydrogen-bond acceptors (Lipinski definition) is 4. The normalized spacial score (nSPS) is 27.0. The van der Waals surface area contributed by atoms with Crippen LogP contribution in [0.4, 0.5) is 4.39 Å². The van der Waals surface area contributed by atoms with Crippen molar-refractivity contribution in [3.8, 4) is 10.4 Å². The molecule has 3 atom stereocenters. The highest BCUT2D eigenvalue weighted by atomic mass is 32.1. The lowest BCUT2D eigenvalue weighted by Crippen LogP contribution is -2.46. The number of aromatic nitrogens is 1. The van der Waals surface area contributed by atoms with E-state index in [-0.39, 0.29) is 29.7 Å². The maximum absolute atomic E-state index is 13.5. The van der Waals surface area contributed by atoms with E-state index in [9.17, 15) is 14.0 Å². The lowest BCUT2D eigenvalue weighted by molar-refractivity contribution is -0.127. The number of halogens is 1. The number of likely N-dealkylation sites (tertiary alicyclic amines) is 1. The second kappa shape index (κ2) is 6.41. The Hall–Kier alpha value is -2.28. The number of benzene rings is 1. The Balaban J connectivity index is 1.74. The number of fused-ring (bicyclic) bond motifs is 1. The molecule has 142 valence electrons. The fourth-order valence-corrected chi connectivity index (χ4v) is 5.77. The fourth-order valence-electron chi connectivity index (χ4n) is 4.85. The van der Waals surface area contributed by atoms with Gasteiger partial charge in [-0.3, -0.25) is 9.59 Å². The van der Waals surface area contributed by atoms with Gasteiger partial charge in [-0.25, -0.2) is 9.37 Å². The van der Waals surface area contributed by atoms with Crippen LogP contribution in [0.1, 0.15) is 48.1 Å². The van der Waals surface area contributed by atoms with Gasteiger partial charge in [-0.1, -0.05) is 18.6 Å². The molecule has 1 saturated heterocycles. The van der Waals surface area contributed by atoms with Crippen molar-refractivity contribution < 1.29 is 14.0 Å². The van der Waals surface area contributed by atoms with E-state index in [0.717, 1.165) is 34.7 Å². The Bertz CT molecular complexity index is 910. The molecular weight excluding hydrogens is 365 g/mol. The molecule has 2 aromatic rings. The van der Waals surface area contributed by atoms with E-state index in [2.05, 4.69) is 4.98 Å². The Morgan fingerprint density at radius 1 is 1.33 bits per heavy atom. The van der Waals surface area contributed by atoms with Crippen molar-refractivity contribution in [2.45, 2.75) is 51.6 Å². The average Bonchev–Trinajstić information content (AvgIpc) is 3.27. The summed E-state index contributed by atoms with van der Waals surface area (Å²) in [5.41, 5.74) is 6.28. The van der Waals surface area contributed by atoms with Gasteiger partial charge in [0.05, 0.1) is 15.3 Å². The molecule has 7 heteroatoms. The van der Waals surface area contributed by atoms with Crippen LogP contribution >= 0.6 is 11.3 Å². The molecule has 1 aliphatic heterocycles. The lowest BCUT2D eigenvalue weighted by atomic mass is 9.80. The van der Waals surface area contributed by atoms with Gasteiger partial charge >= 0.3 is 0 Å². The van der Waals surface area contributed by atoms with E-state index in [0.29, 0.717) is 12.1 Å². The van der Waals surface area contributed by atoms with Gasteiger partial charge in [-0.15, -0.1) is 11.3 Å². The van der Waals surface area contributed by atoms with Gasteiger partial charge in [-0.2, -0.15) is 0 Å². The van der Waals surface area contributed by atoms with Gasteiger partial charge < -0.3 is 10.6 Å². The molecule has 0 bridgehead atoms. The molecule has 0 radical (unpaired) electrons. The summed E-state index contributed by atoms with van der Waals surface area (Å²) in [6.45, 7) is 3.82. The van der Waals surface area contributed by atoms with Gasteiger partial charge in [0.25, 0.3) is 5.91 Å². The van der Waals surface area contributed by atoms with Crippen LogP contribution in [0.3, 0.4) is 0 Å². The Labute approximate surface area is 161 Å². The zero-order chi connectivity index (χ0) is 19.3. The van der Waals surface area contributed by atoms with Crippen molar-refractivity contribution in [3.63, 3.8) is 0 Å². The number of nitrogens with zero attached hydrogens (tertiary/aromatic N) is 2. The van der Waals surface area contributed by atoms with Crippen LogP contribution in [-0.4, -0.2) is 33.8 Å². The SMILES string of the molecule is Cc1nc(C(=O)N2[C@H]3CCC[C@]3(C(N)=O)C[C@@H]2C)c(-c2ccc(F)cc2)s1. The number of thiazole rings is 1. The molecule has 1 aromatic carbocycles. The number of carbonyl (C=O) groups is 2. The molecule has 4 rings (SSSR count). The van der Waals surface area contributed by atoms with Crippen LogP contribution in [0.5, 0.6) is 0 Å². The maximum atomic E-state index is 13.5. The molecule has 2 amide bonds. The molecule has 27 heavy (non-hydrogen) atoms. The van der Waals surface area contributed by atoms with E-state index in [1.165, 1.54) is 23.5 Å². The molecule has 2 N–H and O–H groups in total. The number of hydrogen-bond donors (Lipinski definition) is 1. The molecule has 1 aromatic heterocycles. The van der Waals surface area contributed by atoms with Gasteiger partial charge in [0.2, 0.25) is 5.91 Å². The molecule has 5 nitrogen and oxygen atoms in total. The smallest absolute Gasteiger partial charge is 0.274 e. The van der Waals surface area contributed by atoms with Crippen molar-refractivity contribution in [1.82, 2.24) is 9.88 Å². The predicted octanol–water partition coefficient (Wildman–Crippen LogP) is 3.52. The van der Waals surface area contributed by atoms with E-state index in [4.69, 9.17) is 5.73 Å². The summed E-state index contributed by atoms with van der Waals surface area (Å²) in [5.74, 6) is -0.792. The number of aryl methyl sites for hydroxylation is 1.